The summed E-state index contributed by atoms with van der Waals surface area (Å²) in [6.07, 6.45) is 0.522. The lowest BCUT2D eigenvalue weighted by Crippen LogP contribution is -2.47. The number of carbonyl (C=O) groups excluding carboxylic acids is 2. The third-order valence-electron chi connectivity index (χ3n) is 3.76. The van der Waals surface area contributed by atoms with Gasteiger partial charge in [0.15, 0.2) is 0 Å². The monoisotopic (exact) mass is 316 g/mol. The third kappa shape index (κ3) is 5.48. The Kier molecular flexibility index (Phi) is 5.84. The van der Waals surface area contributed by atoms with Crippen molar-refractivity contribution in [3.8, 4) is 0 Å². The Bertz CT molecular complexity index is 401. The number of rotatable bonds is 6. The van der Waals surface area contributed by atoms with E-state index in [1.54, 1.807) is 6.92 Å². The fourth-order valence-corrected chi connectivity index (χ4v) is 1.86. The first kappa shape index (κ1) is 18.7. The van der Waals surface area contributed by atoms with Gasteiger partial charge in [-0.25, -0.2) is 4.79 Å². The highest BCUT2D eigenvalue weighted by Crippen LogP contribution is 2.29. The molecule has 0 amide bonds. The van der Waals surface area contributed by atoms with E-state index in [4.69, 9.17) is 18.9 Å². The van der Waals surface area contributed by atoms with E-state index in [0.29, 0.717) is 19.4 Å². The van der Waals surface area contributed by atoms with Gasteiger partial charge in [-0.1, -0.05) is 6.92 Å². The van der Waals surface area contributed by atoms with Crippen LogP contribution >= 0.6 is 0 Å². The third-order valence-corrected chi connectivity index (χ3v) is 3.76. The van der Waals surface area contributed by atoms with E-state index in [9.17, 15) is 9.59 Å². The molecule has 1 fully saturated rings. The second kappa shape index (κ2) is 6.86. The molecule has 1 atom stereocenters. The van der Waals surface area contributed by atoms with Crippen molar-refractivity contribution in [2.75, 3.05) is 19.8 Å². The minimum absolute atomic E-state index is 0.0248. The quantitative estimate of drug-likeness (QED) is 0.701. The van der Waals surface area contributed by atoms with Crippen molar-refractivity contribution in [3.63, 3.8) is 0 Å². The van der Waals surface area contributed by atoms with E-state index in [1.165, 1.54) is 0 Å². The maximum Gasteiger partial charge on any atom is 0.508 e. The summed E-state index contributed by atoms with van der Waals surface area (Å²) in [6.45, 7) is 11.9. The number of esters is 1. The van der Waals surface area contributed by atoms with Gasteiger partial charge in [0.1, 0.15) is 24.2 Å². The lowest BCUT2D eigenvalue weighted by Gasteiger charge is -2.36. The van der Waals surface area contributed by atoms with Gasteiger partial charge in [-0.15, -0.1) is 0 Å². The van der Waals surface area contributed by atoms with Crippen molar-refractivity contribution < 1.29 is 28.5 Å². The smallest absolute Gasteiger partial charge is 0.459 e. The van der Waals surface area contributed by atoms with Crippen LogP contribution in [0.3, 0.4) is 0 Å². The highest BCUT2D eigenvalue weighted by atomic mass is 16.7. The maximum atomic E-state index is 12.4. The molecule has 1 rings (SSSR count). The van der Waals surface area contributed by atoms with Crippen LogP contribution in [0.5, 0.6) is 0 Å². The SMILES string of the molecule is CCC(C)(CCOC(C)(C)C)OC(=O)C1(C)COC(=O)OC1. The van der Waals surface area contributed by atoms with Crippen LogP contribution in [0, 0.1) is 5.41 Å². The molecule has 6 nitrogen and oxygen atoms in total. The number of carbonyl (C=O) groups is 2. The van der Waals surface area contributed by atoms with Gasteiger partial charge in [-0.05, 0) is 41.0 Å². The molecule has 0 aromatic carbocycles. The largest absolute Gasteiger partial charge is 0.508 e. The maximum absolute atomic E-state index is 12.4. The van der Waals surface area contributed by atoms with Gasteiger partial charge in [0.25, 0.3) is 0 Å². The lowest BCUT2D eigenvalue weighted by molar-refractivity contribution is -0.183. The summed E-state index contributed by atoms with van der Waals surface area (Å²) >= 11 is 0. The molecule has 128 valence electrons. The van der Waals surface area contributed by atoms with Gasteiger partial charge < -0.3 is 18.9 Å². The molecule has 0 aromatic rings. The Morgan fingerprint density at radius 2 is 1.77 bits per heavy atom. The van der Waals surface area contributed by atoms with Gasteiger partial charge in [-0.2, -0.15) is 0 Å². The van der Waals surface area contributed by atoms with Crippen LogP contribution in [0.25, 0.3) is 0 Å². The molecule has 0 bridgehead atoms. The van der Waals surface area contributed by atoms with Crippen LogP contribution in [0.15, 0.2) is 0 Å². The van der Waals surface area contributed by atoms with E-state index >= 15 is 0 Å². The zero-order chi connectivity index (χ0) is 17.0. The van der Waals surface area contributed by atoms with Crippen LogP contribution < -0.4 is 0 Å². The Labute approximate surface area is 132 Å². The number of hydrogen-bond donors (Lipinski definition) is 0. The highest BCUT2D eigenvalue weighted by Gasteiger charge is 2.44. The van der Waals surface area contributed by atoms with Gasteiger partial charge in [0, 0.05) is 6.42 Å². The molecular formula is C16H28O6. The second-order valence-electron chi connectivity index (χ2n) is 7.29. The molecule has 1 aliphatic rings. The minimum Gasteiger partial charge on any atom is -0.459 e. The predicted molar refractivity (Wildman–Crippen MR) is 80.5 cm³/mol. The molecular weight excluding hydrogens is 288 g/mol. The Hall–Kier alpha value is -1.30. The molecule has 0 N–H and O–H groups in total. The number of cyclic esters (lactones) is 2. The van der Waals surface area contributed by atoms with Crippen LogP contribution in [0.1, 0.15) is 54.4 Å². The first-order chi connectivity index (χ1) is 10.00. The molecule has 0 aromatic heterocycles. The van der Waals surface area contributed by atoms with Crippen LogP contribution in [-0.2, 0) is 23.7 Å². The van der Waals surface area contributed by atoms with E-state index in [1.807, 2.05) is 34.6 Å². The second-order valence-corrected chi connectivity index (χ2v) is 7.29. The molecule has 1 aliphatic heterocycles. The number of ether oxygens (including phenoxy) is 4. The normalized spacial score (nSPS) is 20.5. The predicted octanol–water partition coefficient (Wildman–Crippen LogP) is 3.08. The van der Waals surface area contributed by atoms with Gasteiger partial charge >= 0.3 is 12.1 Å². The molecule has 0 aliphatic carbocycles. The fraction of sp³-hybridized carbons (Fsp3) is 0.875. The van der Waals surface area contributed by atoms with Crippen molar-refractivity contribution in [3.05, 3.63) is 0 Å². The summed E-state index contributed by atoms with van der Waals surface area (Å²) in [5.74, 6) is -0.417. The first-order valence-electron chi connectivity index (χ1n) is 7.67. The topological polar surface area (TPSA) is 71.1 Å². The summed E-state index contributed by atoms with van der Waals surface area (Å²) < 4.78 is 21.0. The molecule has 0 saturated carbocycles. The van der Waals surface area contributed by atoms with E-state index < -0.39 is 23.1 Å². The summed E-state index contributed by atoms with van der Waals surface area (Å²) in [4.78, 5) is 23.4. The average Bonchev–Trinajstić information content (AvgIpc) is 2.40. The van der Waals surface area contributed by atoms with Crippen molar-refractivity contribution in [1.29, 1.82) is 0 Å². The molecule has 1 saturated heterocycles. The van der Waals surface area contributed by atoms with E-state index in [2.05, 4.69) is 0 Å². The van der Waals surface area contributed by atoms with Gasteiger partial charge in [0.2, 0.25) is 0 Å². The highest BCUT2D eigenvalue weighted by molar-refractivity contribution is 5.78. The Balaban J connectivity index is 2.59. The van der Waals surface area contributed by atoms with Crippen LogP contribution in [-0.4, -0.2) is 43.1 Å². The first-order valence-corrected chi connectivity index (χ1v) is 7.67. The zero-order valence-electron chi connectivity index (χ0n) is 14.5. The molecule has 1 unspecified atom stereocenters. The molecule has 22 heavy (non-hydrogen) atoms. The summed E-state index contributed by atoms with van der Waals surface area (Å²) in [6, 6.07) is 0. The molecule has 6 heteroatoms. The van der Waals surface area contributed by atoms with Crippen molar-refractivity contribution in [1.82, 2.24) is 0 Å². The fourth-order valence-electron chi connectivity index (χ4n) is 1.86. The lowest BCUT2D eigenvalue weighted by atomic mass is 9.91. The van der Waals surface area contributed by atoms with Crippen LogP contribution in [0.4, 0.5) is 4.79 Å². The summed E-state index contributed by atoms with van der Waals surface area (Å²) in [5.41, 5.74) is -1.81. The zero-order valence-corrected chi connectivity index (χ0v) is 14.5. The van der Waals surface area contributed by atoms with Crippen molar-refractivity contribution in [2.45, 2.75) is 65.6 Å². The summed E-state index contributed by atoms with van der Waals surface area (Å²) in [7, 11) is 0. The van der Waals surface area contributed by atoms with Crippen molar-refractivity contribution in [2.24, 2.45) is 5.41 Å². The van der Waals surface area contributed by atoms with Gasteiger partial charge in [-0.3, -0.25) is 4.79 Å². The number of hydrogen-bond acceptors (Lipinski definition) is 6. The molecule has 0 spiro atoms. The van der Waals surface area contributed by atoms with Crippen molar-refractivity contribution >= 4 is 12.1 Å². The Morgan fingerprint density at radius 1 is 1.23 bits per heavy atom. The average molecular weight is 316 g/mol. The van der Waals surface area contributed by atoms with Gasteiger partial charge in [0.05, 0.1) is 12.2 Å². The van der Waals surface area contributed by atoms with E-state index in [0.717, 1.165) is 0 Å². The van der Waals surface area contributed by atoms with E-state index in [-0.39, 0.29) is 18.8 Å². The van der Waals surface area contributed by atoms with Crippen LogP contribution in [0.2, 0.25) is 0 Å². The minimum atomic E-state index is -0.963. The Morgan fingerprint density at radius 3 is 2.23 bits per heavy atom. The molecule has 1 heterocycles. The summed E-state index contributed by atoms with van der Waals surface area (Å²) in [5, 5.41) is 0. The standard InChI is InChI=1S/C16H28O6/c1-7-16(6,8-9-21-14(2,3)4)22-12(17)15(5)10-19-13(18)20-11-15/h7-11H2,1-6H3. The molecule has 0 radical (unpaired) electrons.